The van der Waals surface area contributed by atoms with Crippen molar-refractivity contribution < 1.29 is 19.1 Å². The van der Waals surface area contributed by atoms with Gasteiger partial charge in [0.1, 0.15) is 11.5 Å². The van der Waals surface area contributed by atoms with Gasteiger partial charge in [-0.25, -0.2) is 0 Å². The Morgan fingerprint density at radius 2 is 1.71 bits per heavy atom. The Labute approximate surface area is 188 Å². The molecule has 1 aliphatic heterocycles. The lowest BCUT2D eigenvalue weighted by Crippen LogP contribution is -2.44. The fraction of sp³-hybridized carbons (Fsp3) is 0.0870. The smallest absolute Gasteiger partial charge is 0.285 e. The quantitative estimate of drug-likeness (QED) is 0.459. The number of hydrazine groups is 1. The van der Waals surface area contributed by atoms with E-state index in [0.717, 1.165) is 38.9 Å². The summed E-state index contributed by atoms with van der Waals surface area (Å²) in [6.07, 6.45) is 1.78. The predicted molar refractivity (Wildman–Crippen MR) is 126 cm³/mol. The normalized spacial score (nSPS) is 14.9. The molecule has 0 radical (unpaired) electrons. The van der Waals surface area contributed by atoms with Gasteiger partial charge in [-0.3, -0.25) is 15.0 Å². The number of thiocarbonyl (C=S) groups is 1. The number of ether oxygens (including phenoxy) is 2. The highest BCUT2D eigenvalue weighted by Gasteiger charge is 2.34. The van der Waals surface area contributed by atoms with Crippen molar-refractivity contribution >= 4 is 57.0 Å². The zero-order valence-electron chi connectivity index (χ0n) is 16.7. The number of rotatable bonds is 5. The monoisotopic (exact) mass is 450 g/mol. The average molecular weight is 451 g/mol. The van der Waals surface area contributed by atoms with E-state index in [1.54, 1.807) is 44.6 Å². The van der Waals surface area contributed by atoms with Crippen LogP contribution in [0.3, 0.4) is 0 Å². The largest absolute Gasteiger partial charge is 0.497 e. The second-order valence-corrected chi connectivity index (χ2v) is 8.26. The Morgan fingerprint density at radius 1 is 1.00 bits per heavy atom. The van der Waals surface area contributed by atoms with Gasteiger partial charge in [0.05, 0.1) is 19.1 Å². The number of carbonyl (C=O) groups excluding carboxylic acids is 2. The van der Waals surface area contributed by atoms with E-state index >= 15 is 0 Å². The highest BCUT2D eigenvalue weighted by molar-refractivity contribution is 8.26. The molecule has 1 aliphatic rings. The first-order valence-electron chi connectivity index (χ1n) is 9.30. The summed E-state index contributed by atoms with van der Waals surface area (Å²) < 4.78 is 10.8. The first kappa shape index (κ1) is 20.9. The van der Waals surface area contributed by atoms with E-state index in [1.165, 1.54) is 0 Å². The van der Waals surface area contributed by atoms with E-state index in [1.807, 2.05) is 36.4 Å². The van der Waals surface area contributed by atoms with Crippen molar-refractivity contribution in [1.82, 2.24) is 10.4 Å². The van der Waals surface area contributed by atoms with Crippen molar-refractivity contribution in [2.45, 2.75) is 0 Å². The molecule has 0 atom stereocenters. The topological polar surface area (TPSA) is 67.9 Å². The molecule has 0 spiro atoms. The Bertz CT molecular complexity index is 1220. The molecule has 0 unspecified atom stereocenters. The van der Waals surface area contributed by atoms with E-state index in [9.17, 15) is 9.59 Å². The van der Waals surface area contributed by atoms with Crippen LogP contribution in [0.15, 0.2) is 65.6 Å². The molecule has 3 aromatic carbocycles. The summed E-state index contributed by atoms with van der Waals surface area (Å²) in [6.45, 7) is 0. The van der Waals surface area contributed by atoms with Crippen molar-refractivity contribution in [2.24, 2.45) is 0 Å². The van der Waals surface area contributed by atoms with Crippen LogP contribution in [0.1, 0.15) is 15.9 Å². The molecule has 1 saturated heterocycles. The molecule has 0 bridgehead atoms. The van der Waals surface area contributed by atoms with Crippen molar-refractivity contribution in [3.05, 3.63) is 76.7 Å². The summed E-state index contributed by atoms with van der Waals surface area (Å²) >= 11 is 6.47. The number of nitrogens with zero attached hydrogens (tertiary/aromatic N) is 1. The number of carbonyl (C=O) groups is 2. The molecule has 156 valence electrons. The van der Waals surface area contributed by atoms with Crippen LogP contribution < -0.4 is 14.9 Å². The van der Waals surface area contributed by atoms with Crippen LogP contribution in [0.4, 0.5) is 0 Å². The third-order valence-electron chi connectivity index (χ3n) is 4.78. The average Bonchev–Trinajstić information content (AvgIpc) is 3.06. The molecule has 1 N–H and O–H groups in total. The van der Waals surface area contributed by atoms with E-state index in [4.69, 9.17) is 21.7 Å². The van der Waals surface area contributed by atoms with Gasteiger partial charge in [0, 0.05) is 10.9 Å². The first-order chi connectivity index (χ1) is 15.0. The van der Waals surface area contributed by atoms with Gasteiger partial charge in [-0.2, -0.15) is 5.01 Å². The summed E-state index contributed by atoms with van der Waals surface area (Å²) in [6, 6.07) is 18.1. The lowest BCUT2D eigenvalue weighted by molar-refractivity contribution is -0.123. The molecule has 8 heteroatoms. The molecular formula is C23H18N2O4S2. The molecule has 0 saturated carbocycles. The third kappa shape index (κ3) is 4.12. The van der Waals surface area contributed by atoms with Gasteiger partial charge in [0.25, 0.3) is 11.8 Å². The third-order valence-corrected chi connectivity index (χ3v) is 6.09. The molecule has 1 heterocycles. The SMILES string of the molecule is COc1ccc(C(=O)NN2C(=O)/C(=C\c3ccc(OC)c4ccccc34)SC2=S)cc1. The molecule has 1 fully saturated rings. The number of fused-ring (bicyclic) bond motifs is 1. The minimum Gasteiger partial charge on any atom is -0.497 e. The lowest BCUT2D eigenvalue weighted by atomic mass is 10.0. The molecule has 2 amide bonds. The maximum Gasteiger partial charge on any atom is 0.285 e. The summed E-state index contributed by atoms with van der Waals surface area (Å²) in [5.41, 5.74) is 3.83. The highest BCUT2D eigenvalue weighted by Crippen LogP contribution is 2.35. The zero-order valence-corrected chi connectivity index (χ0v) is 18.4. The van der Waals surface area contributed by atoms with Crippen molar-refractivity contribution in [3.8, 4) is 11.5 Å². The summed E-state index contributed by atoms with van der Waals surface area (Å²) in [5, 5.41) is 3.00. The van der Waals surface area contributed by atoms with Gasteiger partial charge < -0.3 is 9.47 Å². The molecule has 4 rings (SSSR count). The van der Waals surface area contributed by atoms with Gasteiger partial charge in [0.15, 0.2) is 4.32 Å². The minimum absolute atomic E-state index is 0.260. The second kappa shape index (κ2) is 8.79. The van der Waals surface area contributed by atoms with Crippen molar-refractivity contribution in [1.29, 1.82) is 0 Å². The fourth-order valence-electron chi connectivity index (χ4n) is 3.21. The summed E-state index contributed by atoms with van der Waals surface area (Å²) in [4.78, 5) is 25.9. The molecule has 6 nitrogen and oxygen atoms in total. The van der Waals surface area contributed by atoms with Crippen molar-refractivity contribution in [3.63, 3.8) is 0 Å². The van der Waals surface area contributed by atoms with Crippen LogP contribution in [-0.4, -0.2) is 35.4 Å². The number of benzene rings is 3. The summed E-state index contributed by atoms with van der Waals surface area (Å²) in [5.74, 6) is 0.579. The van der Waals surface area contributed by atoms with Crippen LogP contribution in [0.25, 0.3) is 16.8 Å². The van der Waals surface area contributed by atoms with Crippen LogP contribution in [-0.2, 0) is 4.79 Å². The standard InChI is InChI=1S/C23H18N2O4S2/c1-28-16-10-7-14(8-11-16)21(26)24-25-22(27)20(31-23(25)30)13-15-9-12-19(29-2)18-6-4-3-5-17(15)18/h3-13H,1-2H3,(H,24,26)/b20-13+. The first-order valence-corrected chi connectivity index (χ1v) is 10.5. The number of hydrogen-bond acceptors (Lipinski definition) is 6. The summed E-state index contributed by atoms with van der Waals surface area (Å²) in [7, 11) is 3.17. The number of amides is 2. The lowest BCUT2D eigenvalue weighted by Gasteiger charge is -2.15. The minimum atomic E-state index is -0.435. The van der Waals surface area contributed by atoms with E-state index in [2.05, 4.69) is 5.43 Å². The van der Waals surface area contributed by atoms with Gasteiger partial charge in [0.2, 0.25) is 0 Å². The van der Waals surface area contributed by atoms with E-state index in [0.29, 0.717) is 16.2 Å². The number of nitrogens with one attached hydrogen (secondary N) is 1. The highest BCUT2D eigenvalue weighted by atomic mass is 32.2. The van der Waals surface area contributed by atoms with Crippen molar-refractivity contribution in [2.75, 3.05) is 14.2 Å². The van der Waals surface area contributed by atoms with E-state index < -0.39 is 5.91 Å². The molecule has 31 heavy (non-hydrogen) atoms. The molecule has 3 aromatic rings. The van der Waals surface area contributed by atoms with Crippen LogP contribution in [0.5, 0.6) is 11.5 Å². The Morgan fingerprint density at radius 3 is 2.39 bits per heavy atom. The van der Waals surface area contributed by atoms with Gasteiger partial charge in [-0.1, -0.05) is 42.1 Å². The fourth-order valence-corrected chi connectivity index (χ4v) is 4.38. The molecular weight excluding hydrogens is 432 g/mol. The van der Waals surface area contributed by atoms with Gasteiger partial charge in [-0.15, -0.1) is 0 Å². The number of thioether (sulfide) groups is 1. The van der Waals surface area contributed by atoms with E-state index in [-0.39, 0.29) is 10.2 Å². The molecule has 0 aliphatic carbocycles. The maximum atomic E-state index is 12.9. The van der Waals surface area contributed by atoms with Crippen LogP contribution >= 0.6 is 24.0 Å². The zero-order chi connectivity index (χ0) is 22.0. The number of hydrogen-bond donors (Lipinski definition) is 1. The van der Waals surface area contributed by atoms with Gasteiger partial charge >= 0.3 is 0 Å². The molecule has 0 aromatic heterocycles. The maximum absolute atomic E-state index is 12.9. The second-order valence-electron chi connectivity index (χ2n) is 6.59. The predicted octanol–water partition coefficient (Wildman–Crippen LogP) is 4.40. The Balaban J connectivity index is 1.59. The van der Waals surface area contributed by atoms with Crippen LogP contribution in [0, 0.1) is 0 Å². The number of methoxy groups -OCH3 is 2. The Kier molecular flexibility index (Phi) is 5.92. The Hall–Kier alpha value is -3.36. The van der Waals surface area contributed by atoms with Gasteiger partial charge in [-0.05, 0) is 59.6 Å². The van der Waals surface area contributed by atoms with Crippen LogP contribution in [0.2, 0.25) is 0 Å².